The molecule has 12 heteroatoms. The number of hydrogen-bond acceptors (Lipinski definition) is 6. The molecule has 1 aromatic carbocycles. The third-order valence-electron chi connectivity index (χ3n) is 6.38. The van der Waals surface area contributed by atoms with Crippen LogP contribution < -0.4 is 9.62 Å². The lowest BCUT2D eigenvalue weighted by atomic mass is 9.98. The molecule has 4 heterocycles. The number of likely N-dealkylation sites (tertiary alicyclic amines) is 1. The summed E-state index contributed by atoms with van der Waals surface area (Å²) in [7, 11) is -3.59. The summed E-state index contributed by atoms with van der Waals surface area (Å²) in [6.45, 7) is 3.09. The third-order valence-corrected chi connectivity index (χ3v) is 7.21. The first-order chi connectivity index (χ1) is 16.6. The van der Waals surface area contributed by atoms with Gasteiger partial charge in [0.1, 0.15) is 12.0 Å². The predicted octanol–water partition coefficient (Wildman–Crippen LogP) is 3.59. The second kappa shape index (κ2) is 8.94. The number of carbonyl (C=O) groups excluding carboxylic acids is 1. The van der Waals surface area contributed by atoms with E-state index in [2.05, 4.69) is 9.71 Å². The topological polar surface area (TPSA) is 99.9 Å². The summed E-state index contributed by atoms with van der Waals surface area (Å²) in [5, 5.41) is 5.09. The van der Waals surface area contributed by atoms with Crippen molar-refractivity contribution in [3.05, 3.63) is 52.3 Å². The Morgan fingerprint density at radius 3 is 2.69 bits per heavy atom. The number of aryl methyl sites for hydroxylation is 1. The van der Waals surface area contributed by atoms with Crippen molar-refractivity contribution in [3.63, 3.8) is 0 Å². The quantitative estimate of drug-likeness (QED) is 0.552. The molecular formula is C23H26ClFN6O3S. The van der Waals surface area contributed by atoms with E-state index in [1.54, 1.807) is 9.42 Å². The molecule has 0 spiro atoms. The molecule has 1 N–H and O–H groups in total. The zero-order valence-corrected chi connectivity index (χ0v) is 21.0. The van der Waals surface area contributed by atoms with E-state index in [1.807, 2.05) is 24.0 Å². The Balaban J connectivity index is 1.49. The number of piperidine rings is 1. The van der Waals surface area contributed by atoms with E-state index in [0.29, 0.717) is 48.2 Å². The van der Waals surface area contributed by atoms with Crippen LogP contribution in [-0.2, 0) is 10.0 Å². The molecule has 0 aliphatic carbocycles. The second-order valence-corrected chi connectivity index (χ2v) is 11.4. The fraction of sp³-hybridized carbons (Fsp3) is 0.435. The number of sulfonamides is 1. The smallest absolute Gasteiger partial charge is 0.256 e. The summed E-state index contributed by atoms with van der Waals surface area (Å²) in [6.07, 6.45) is 2.67. The van der Waals surface area contributed by atoms with Crippen LogP contribution in [0.15, 0.2) is 30.3 Å². The van der Waals surface area contributed by atoms with Crippen LogP contribution in [-0.4, -0.2) is 65.9 Å². The first-order valence-corrected chi connectivity index (χ1v) is 13.7. The van der Waals surface area contributed by atoms with Gasteiger partial charge in [-0.05, 0) is 44.4 Å². The number of alkyl halides is 1. The Bertz CT molecular complexity index is 1410. The first-order valence-electron chi connectivity index (χ1n) is 11.4. The van der Waals surface area contributed by atoms with Gasteiger partial charge in [0, 0.05) is 29.4 Å². The number of halogens is 2. The van der Waals surface area contributed by atoms with Gasteiger partial charge in [-0.3, -0.25) is 9.52 Å². The van der Waals surface area contributed by atoms with E-state index in [9.17, 15) is 17.6 Å². The van der Waals surface area contributed by atoms with Crippen LogP contribution in [0, 0.1) is 6.92 Å². The summed E-state index contributed by atoms with van der Waals surface area (Å²) in [4.78, 5) is 22.0. The molecule has 0 radical (unpaired) electrons. The fourth-order valence-corrected chi connectivity index (χ4v) is 5.43. The van der Waals surface area contributed by atoms with E-state index < -0.39 is 16.2 Å². The molecular weight excluding hydrogens is 495 g/mol. The maximum absolute atomic E-state index is 13.7. The number of amides is 1. The van der Waals surface area contributed by atoms with Gasteiger partial charge in [-0.15, -0.1) is 0 Å². The Hall–Kier alpha value is -2.92. The number of nitrogens with zero attached hydrogens (tertiary/aromatic N) is 5. The Morgan fingerprint density at radius 1 is 1.20 bits per heavy atom. The normalized spacial score (nSPS) is 19.1. The highest BCUT2D eigenvalue weighted by Crippen LogP contribution is 2.34. The fourth-order valence-electron chi connectivity index (χ4n) is 4.68. The maximum atomic E-state index is 13.7. The van der Waals surface area contributed by atoms with E-state index in [0.717, 1.165) is 24.8 Å². The maximum Gasteiger partial charge on any atom is 0.256 e. The highest BCUT2D eigenvalue weighted by atomic mass is 35.5. The van der Waals surface area contributed by atoms with Crippen LogP contribution in [0.2, 0.25) is 5.02 Å². The number of fused-ring (bicyclic) bond motifs is 1. The molecule has 3 aromatic rings. The minimum absolute atomic E-state index is 0.184. The van der Waals surface area contributed by atoms with E-state index >= 15 is 0 Å². The SMILES string of the molecule is Cc1cc(N2CC(F)C2)nc2cc(C3CCCCN3C(=O)c3cc(Cl)ccc3NS(C)(=O)=O)nn12. The summed E-state index contributed by atoms with van der Waals surface area (Å²) >= 11 is 6.16. The average Bonchev–Trinajstić information content (AvgIpc) is 3.21. The minimum Gasteiger partial charge on any atom is -0.351 e. The largest absolute Gasteiger partial charge is 0.351 e. The van der Waals surface area contributed by atoms with Crippen LogP contribution >= 0.6 is 11.6 Å². The number of rotatable bonds is 5. The predicted molar refractivity (Wildman–Crippen MR) is 132 cm³/mol. The lowest BCUT2D eigenvalue weighted by Crippen LogP contribution is -2.48. The van der Waals surface area contributed by atoms with Crippen molar-refractivity contribution in [1.29, 1.82) is 0 Å². The van der Waals surface area contributed by atoms with Crippen molar-refractivity contribution in [2.45, 2.75) is 38.4 Å². The van der Waals surface area contributed by atoms with Crippen LogP contribution in [0.25, 0.3) is 5.65 Å². The zero-order chi connectivity index (χ0) is 24.9. The molecule has 2 aliphatic rings. The number of hydrogen-bond donors (Lipinski definition) is 1. The second-order valence-electron chi connectivity index (χ2n) is 9.17. The van der Waals surface area contributed by atoms with Crippen molar-refractivity contribution < 1.29 is 17.6 Å². The van der Waals surface area contributed by atoms with Gasteiger partial charge in [0.15, 0.2) is 5.65 Å². The number of nitrogens with one attached hydrogen (secondary N) is 1. The summed E-state index contributed by atoms with van der Waals surface area (Å²) in [5.41, 5.74) is 2.58. The molecule has 1 amide bonds. The highest BCUT2D eigenvalue weighted by Gasteiger charge is 2.33. The first kappa shape index (κ1) is 23.8. The van der Waals surface area contributed by atoms with Gasteiger partial charge < -0.3 is 9.80 Å². The Labute approximate surface area is 207 Å². The van der Waals surface area contributed by atoms with Gasteiger partial charge in [-0.25, -0.2) is 22.3 Å². The molecule has 5 rings (SSSR count). The summed E-state index contributed by atoms with van der Waals surface area (Å²) in [5.74, 6) is 0.391. The van der Waals surface area contributed by atoms with Crippen LogP contribution in [0.3, 0.4) is 0 Å². The molecule has 2 aromatic heterocycles. The molecule has 35 heavy (non-hydrogen) atoms. The molecule has 2 saturated heterocycles. The highest BCUT2D eigenvalue weighted by molar-refractivity contribution is 7.92. The molecule has 0 saturated carbocycles. The standard InChI is InChI=1S/C23H26ClFN6O3S/c1-14-9-21(29-12-16(25)13-29)26-22-11-19(27-31(14)22)20-5-3-4-8-30(20)23(32)17-10-15(24)6-7-18(17)28-35(2,33)34/h6-7,9-11,16,20,28H,3-5,8,12-13H2,1-2H3. The van der Waals surface area contributed by atoms with Gasteiger partial charge in [0.25, 0.3) is 5.91 Å². The van der Waals surface area contributed by atoms with Crippen molar-refractivity contribution in [2.75, 3.05) is 35.5 Å². The molecule has 9 nitrogen and oxygen atoms in total. The Morgan fingerprint density at radius 2 is 1.97 bits per heavy atom. The van der Waals surface area contributed by atoms with Crippen LogP contribution in [0.4, 0.5) is 15.9 Å². The molecule has 2 aliphatic heterocycles. The van der Waals surface area contributed by atoms with E-state index in [4.69, 9.17) is 16.7 Å². The van der Waals surface area contributed by atoms with Crippen molar-refractivity contribution in [1.82, 2.24) is 19.5 Å². The van der Waals surface area contributed by atoms with E-state index in [-0.39, 0.29) is 23.2 Å². The summed E-state index contributed by atoms with van der Waals surface area (Å²) < 4.78 is 41.2. The van der Waals surface area contributed by atoms with Gasteiger partial charge in [-0.1, -0.05) is 11.6 Å². The van der Waals surface area contributed by atoms with Gasteiger partial charge >= 0.3 is 0 Å². The molecule has 2 fully saturated rings. The van der Waals surface area contributed by atoms with Crippen LogP contribution in [0.5, 0.6) is 0 Å². The third kappa shape index (κ3) is 4.79. The minimum atomic E-state index is -3.59. The van der Waals surface area contributed by atoms with Crippen molar-refractivity contribution >= 4 is 44.7 Å². The number of aromatic nitrogens is 3. The Kier molecular flexibility index (Phi) is 6.08. The average molecular weight is 521 g/mol. The number of carbonyl (C=O) groups is 1. The van der Waals surface area contributed by atoms with Crippen molar-refractivity contribution in [2.24, 2.45) is 0 Å². The molecule has 1 unspecified atom stereocenters. The zero-order valence-electron chi connectivity index (χ0n) is 19.4. The van der Waals surface area contributed by atoms with Gasteiger partial charge in [0.2, 0.25) is 10.0 Å². The van der Waals surface area contributed by atoms with Crippen molar-refractivity contribution in [3.8, 4) is 0 Å². The van der Waals surface area contributed by atoms with Gasteiger partial charge in [-0.2, -0.15) is 5.10 Å². The molecule has 0 bridgehead atoms. The molecule has 1 atom stereocenters. The van der Waals surface area contributed by atoms with Crippen LogP contribution in [0.1, 0.15) is 47.1 Å². The molecule has 186 valence electrons. The monoisotopic (exact) mass is 520 g/mol. The van der Waals surface area contributed by atoms with E-state index in [1.165, 1.54) is 18.2 Å². The lowest BCUT2D eigenvalue weighted by Gasteiger charge is -2.35. The lowest BCUT2D eigenvalue weighted by molar-refractivity contribution is 0.0607. The van der Waals surface area contributed by atoms with Gasteiger partial charge in [0.05, 0.1) is 42.3 Å². The summed E-state index contributed by atoms with van der Waals surface area (Å²) in [6, 6.07) is 7.96. The number of anilines is 2. The number of benzene rings is 1.